The normalized spacial score (nSPS) is 11.0. The van der Waals surface area contributed by atoms with Crippen molar-refractivity contribution in [2.24, 2.45) is 7.05 Å². The van der Waals surface area contributed by atoms with Crippen LogP contribution in [0.2, 0.25) is 0 Å². The number of rotatable bonds is 6. The molecule has 0 aliphatic heterocycles. The number of methoxy groups -OCH3 is 2. The molecule has 0 unspecified atom stereocenters. The number of anilines is 1. The number of carbonyl (C=O) groups is 2. The minimum Gasteiger partial charge on any atom is -0.493 e. The third-order valence-electron chi connectivity index (χ3n) is 3.49. The van der Waals surface area contributed by atoms with Crippen LogP contribution in [0, 0.1) is 0 Å². The first-order valence-corrected chi connectivity index (χ1v) is 7.55. The number of amides is 2. The van der Waals surface area contributed by atoms with Crippen molar-refractivity contribution < 1.29 is 32.2 Å². The van der Waals surface area contributed by atoms with Crippen LogP contribution in [0.5, 0.6) is 11.5 Å². The lowest BCUT2D eigenvalue weighted by Gasteiger charge is -2.16. The zero-order valence-corrected chi connectivity index (χ0v) is 14.7. The van der Waals surface area contributed by atoms with Crippen LogP contribution in [0.15, 0.2) is 24.7 Å². The molecular formula is C16H17F3N4O4. The van der Waals surface area contributed by atoms with E-state index in [-0.39, 0.29) is 28.4 Å². The molecule has 11 heteroatoms. The molecule has 1 heterocycles. The molecule has 0 aliphatic rings. The molecule has 0 saturated carbocycles. The van der Waals surface area contributed by atoms with Crippen LogP contribution in [0.1, 0.15) is 20.8 Å². The summed E-state index contributed by atoms with van der Waals surface area (Å²) in [6.45, 7) is -1.49. The van der Waals surface area contributed by atoms with Crippen molar-refractivity contribution >= 4 is 17.5 Å². The summed E-state index contributed by atoms with van der Waals surface area (Å²) in [6.07, 6.45) is -1.80. The summed E-state index contributed by atoms with van der Waals surface area (Å²) in [6, 6.07) is 2.41. The lowest BCUT2D eigenvalue weighted by atomic mass is 10.1. The molecule has 0 spiro atoms. The molecule has 2 N–H and O–H groups in total. The maximum Gasteiger partial charge on any atom is 0.405 e. The first-order valence-electron chi connectivity index (χ1n) is 7.55. The molecule has 0 fully saturated rings. The number of nitrogens with one attached hydrogen (secondary N) is 2. The number of hydrogen-bond acceptors (Lipinski definition) is 5. The van der Waals surface area contributed by atoms with Crippen molar-refractivity contribution in [2.75, 3.05) is 26.1 Å². The number of alkyl halides is 3. The largest absolute Gasteiger partial charge is 0.493 e. The number of aryl methyl sites for hydroxylation is 1. The molecule has 2 aromatic rings. The monoisotopic (exact) mass is 386 g/mol. The van der Waals surface area contributed by atoms with Gasteiger partial charge in [-0.15, -0.1) is 0 Å². The van der Waals surface area contributed by atoms with Crippen LogP contribution < -0.4 is 20.1 Å². The molecule has 27 heavy (non-hydrogen) atoms. The predicted molar refractivity (Wildman–Crippen MR) is 89.1 cm³/mol. The van der Waals surface area contributed by atoms with E-state index in [0.717, 1.165) is 0 Å². The molecule has 1 aromatic heterocycles. The van der Waals surface area contributed by atoms with E-state index < -0.39 is 24.5 Å². The fourth-order valence-electron chi connectivity index (χ4n) is 2.23. The molecule has 146 valence electrons. The van der Waals surface area contributed by atoms with Crippen molar-refractivity contribution in [3.63, 3.8) is 0 Å². The zero-order valence-electron chi connectivity index (χ0n) is 14.7. The van der Waals surface area contributed by atoms with Crippen LogP contribution in [0.4, 0.5) is 18.9 Å². The molecule has 0 radical (unpaired) electrons. The fraction of sp³-hybridized carbons (Fsp3) is 0.312. The highest BCUT2D eigenvalue weighted by molar-refractivity contribution is 6.05. The van der Waals surface area contributed by atoms with Gasteiger partial charge in [0.15, 0.2) is 11.5 Å². The first kappa shape index (κ1) is 20.1. The third-order valence-corrected chi connectivity index (χ3v) is 3.49. The molecule has 0 saturated heterocycles. The van der Waals surface area contributed by atoms with Gasteiger partial charge in [-0.2, -0.15) is 13.2 Å². The van der Waals surface area contributed by atoms with Crippen molar-refractivity contribution in [3.05, 3.63) is 35.9 Å². The number of nitrogens with zero attached hydrogens (tertiary/aromatic N) is 2. The van der Waals surface area contributed by atoms with Crippen LogP contribution in [0.25, 0.3) is 0 Å². The van der Waals surface area contributed by atoms with E-state index in [1.165, 1.54) is 43.4 Å². The topological polar surface area (TPSA) is 94.5 Å². The van der Waals surface area contributed by atoms with Crippen LogP contribution in [0.3, 0.4) is 0 Å². The fourth-order valence-corrected chi connectivity index (χ4v) is 2.23. The van der Waals surface area contributed by atoms with E-state index in [1.54, 1.807) is 12.4 Å². The van der Waals surface area contributed by atoms with Gasteiger partial charge in [0.2, 0.25) is 0 Å². The number of aromatic nitrogens is 2. The van der Waals surface area contributed by atoms with Crippen LogP contribution in [-0.2, 0) is 7.05 Å². The van der Waals surface area contributed by atoms with E-state index in [1.807, 2.05) is 0 Å². The number of ether oxygens (including phenoxy) is 2. The lowest BCUT2D eigenvalue weighted by molar-refractivity contribution is -0.123. The quantitative estimate of drug-likeness (QED) is 0.792. The average Bonchev–Trinajstić information content (AvgIpc) is 3.04. The second-order valence-corrected chi connectivity index (χ2v) is 5.40. The molecule has 8 nitrogen and oxygen atoms in total. The van der Waals surface area contributed by atoms with E-state index >= 15 is 0 Å². The smallest absolute Gasteiger partial charge is 0.405 e. The van der Waals surface area contributed by atoms with Gasteiger partial charge in [0, 0.05) is 12.6 Å². The van der Waals surface area contributed by atoms with Gasteiger partial charge in [-0.3, -0.25) is 9.59 Å². The maximum absolute atomic E-state index is 12.4. The molecule has 0 bridgehead atoms. The van der Waals surface area contributed by atoms with Gasteiger partial charge in [-0.1, -0.05) is 0 Å². The van der Waals surface area contributed by atoms with Gasteiger partial charge < -0.3 is 24.7 Å². The van der Waals surface area contributed by atoms with Gasteiger partial charge in [0.25, 0.3) is 11.8 Å². The van der Waals surface area contributed by atoms with Gasteiger partial charge in [-0.25, -0.2) is 4.98 Å². The molecular weight excluding hydrogens is 369 g/mol. The Morgan fingerprint density at radius 2 is 1.89 bits per heavy atom. The summed E-state index contributed by atoms with van der Waals surface area (Å²) in [5.74, 6) is -1.36. The van der Waals surface area contributed by atoms with E-state index in [0.29, 0.717) is 0 Å². The zero-order chi connectivity index (χ0) is 20.2. The summed E-state index contributed by atoms with van der Waals surface area (Å²) in [7, 11) is 4.23. The highest BCUT2D eigenvalue weighted by atomic mass is 19.4. The van der Waals surface area contributed by atoms with Crippen LogP contribution >= 0.6 is 0 Å². The number of benzene rings is 1. The van der Waals surface area contributed by atoms with Gasteiger partial charge in [0.05, 0.1) is 32.4 Å². The molecule has 0 atom stereocenters. The highest BCUT2D eigenvalue weighted by Gasteiger charge is 2.28. The highest BCUT2D eigenvalue weighted by Crippen LogP contribution is 2.37. The molecule has 1 aromatic carbocycles. The Morgan fingerprint density at radius 1 is 1.19 bits per heavy atom. The molecule has 0 aliphatic carbocycles. The summed E-state index contributed by atoms with van der Waals surface area (Å²) < 4.78 is 48.7. The Bertz CT molecular complexity index is 849. The van der Waals surface area contributed by atoms with E-state index in [2.05, 4.69) is 10.3 Å². The van der Waals surface area contributed by atoms with Gasteiger partial charge >= 0.3 is 6.18 Å². The minimum absolute atomic E-state index is 0.0557. The lowest BCUT2D eigenvalue weighted by Crippen LogP contribution is -2.33. The van der Waals surface area contributed by atoms with E-state index in [9.17, 15) is 22.8 Å². The Labute approximate surface area is 152 Å². The maximum atomic E-state index is 12.4. The Balaban J connectivity index is 2.35. The third kappa shape index (κ3) is 4.90. The minimum atomic E-state index is -4.55. The molecule has 2 amide bonds. The Kier molecular flexibility index (Phi) is 5.93. The SMILES string of the molecule is COc1cc(C(=O)NCC(F)(F)F)cc(NC(=O)c2cncn2C)c1OC. The summed E-state index contributed by atoms with van der Waals surface area (Å²) >= 11 is 0. The number of imidazole rings is 1. The predicted octanol–water partition coefficient (Wildman–Crippen LogP) is 1.98. The molecule has 2 rings (SSSR count). The van der Waals surface area contributed by atoms with Crippen molar-refractivity contribution in [2.45, 2.75) is 6.18 Å². The number of halogens is 3. The number of carbonyl (C=O) groups excluding carboxylic acids is 2. The van der Waals surface area contributed by atoms with Crippen molar-refractivity contribution in [1.82, 2.24) is 14.9 Å². The summed E-state index contributed by atoms with van der Waals surface area (Å²) in [5.41, 5.74) is 0.139. The Hall–Kier alpha value is -3.24. The average molecular weight is 386 g/mol. The van der Waals surface area contributed by atoms with Gasteiger partial charge in [0.1, 0.15) is 12.2 Å². The summed E-state index contributed by atoms with van der Waals surface area (Å²) in [5, 5.41) is 4.30. The Morgan fingerprint density at radius 3 is 2.41 bits per heavy atom. The van der Waals surface area contributed by atoms with Crippen molar-refractivity contribution in [3.8, 4) is 11.5 Å². The standard InChI is InChI=1S/C16H17F3N4O4/c1-23-8-20-6-11(23)15(25)22-10-4-9(5-12(26-2)13(10)27-3)14(24)21-7-16(17,18)19/h4-6,8H,7H2,1-3H3,(H,21,24)(H,22,25). The van der Waals surface area contributed by atoms with Crippen molar-refractivity contribution in [1.29, 1.82) is 0 Å². The second kappa shape index (κ2) is 7.98. The summed E-state index contributed by atoms with van der Waals surface area (Å²) in [4.78, 5) is 28.3. The number of hydrogen-bond donors (Lipinski definition) is 2. The van der Waals surface area contributed by atoms with Crippen LogP contribution in [-0.4, -0.2) is 48.3 Å². The first-order chi connectivity index (χ1) is 12.7. The second-order valence-electron chi connectivity index (χ2n) is 5.40. The van der Waals surface area contributed by atoms with E-state index in [4.69, 9.17) is 9.47 Å². The van der Waals surface area contributed by atoms with Gasteiger partial charge in [-0.05, 0) is 12.1 Å².